The van der Waals surface area contributed by atoms with E-state index in [1.165, 1.54) is 13.2 Å². The number of carbonyl (C=O) groups excluding carboxylic acids is 2. The van der Waals surface area contributed by atoms with Gasteiger partial charge in [-0.05, 0) is 6.92 Å². The van der Waals surface area contributed by atoms with Crippen molar-refractivity contribution in [3.05, 3.63) is 17.5 Å². The normalized spacial score (nSPS) is 11.7. The van der Waals surface area contributed by atoms with Crippen LogP contribution in [0.3, 0.4) is 0 Å². The molecule has 0 aromatic carbocycles. The first kappa shape index (κ1) is 15.6. The van der Waals surface area contributed by atoms with Crippen molar-refractivity contribution in [2.24, 2.45) is 0 Å². The van der Waals surface area contributed by atoms with E-state index in [-0.39, 0.29) is 12.3 Å². The largest absolute Gasteiger partial charge is 0.480 e. The molecule has 3 N–H and O–H groups in total. The topological polar surface area (TPSA) is 131 Å². The lowest BCUT2D eigenvalue weighted by atomic mass is 10.2. The minimum Gasteiger partial charge on any atom is -0.480 e. The number of aromatic nitrogens is 1. The second-order valence-corrected chi connectivity index (χ2v) is 3.92. The van der Waals surface area contributed by atoms with Gasteiger partial charge in [-0.3, -0.25) is 14.4 Å². The quantitative estimate of drug-likeness (QED) is 0.581. The average molecular weight is 285 g/mol. The van der Waals surface area contributed by atoms with Gasteiger partial charge in [-0.1, -0.05) is 5.16 Å². The monoisotopic (exact) mass is 285 g/mol. The number of aryl methyl sites for hydroxylation is 1. The van der Waals surface area contributed by atoms with E-state index in [0.29, 0.717) is 5.76 Å². The molecule has 0 bridgehead atoms. The fourth-order valence-electron chi connectivity index (χ4n) is 1.34. The fourth-order valence-corrected chi connectivity index (χ4v) is 1.34. The number of hydrogen-bond acceptors (Lipinski definition) is 6. The molecule has 1 atom stereocenters. The van der Waals surface area contributed by atoms with E-state index in [2.05, 4.69) is 15.8 Å². The molecule has 0 aliphatic heterocycles. The van der Waals surface area contributed by atoms with Gasteiger partial charge < -0.3 is 25.0 Å². The molecule has 0 spiro atoms. The Balaban J connectivity index is 2.64. The molecule has 9 heteroatoms. The fraction of sp³-hybridized carbons (Fsp3) is 0.455. The van der Waals surface area contributed by atoms with Gasteiger partial charge in [0.05, 0.1) is 6.61 Å². The molecule has 9 nitrogen and oxygen atoms in total. The Bertz CT molecular complexity index is 498. The van der Waals surface area contributed by atoms with Gasteiger partial charge in [0.2, 0.25) is 5.91 Å². The van der Waals surface area contributed by atoms with Crippen LogP contribution in [0.5, 0.6) is 0 Å². The van der Waals surface area contributed by atoms with Crippen LogP contribution < -0.4 is 10.6 Å². The molecule has 1 aromatic rings. The maximum absolute atomic E-state index is 11.8. The molecule has 1 aromatic heterocycles. The molecule has 20 heavy (non-hydrogen) atoms. The van der Waals surface area contributed by atoms with Gasteiger partial charge in [0.25, 0.3) is 5.91 Å². The average Bonchev–Trinajstić information content (AvgIpc) is 2.82. The maximum atomic E-state index is 11.8. The number of nitrogens with zero attached hydrogens (tertiary/aromatic N) is 1. The molecule has 0 radical (unpaired) electrons. The van der Waals surface area contributed by atoms with Crippen molar-refractivity contribution in [3.63, 3.8) is 0 Å². The van der Waals surface area contributed by atoms with Crippen molar-refractivity contribution in [1.29, 1.82) is 0 Å². The predicted molar refractivity (Wildman–Crippen MR) is 65.0 cm³/mol. The van der Waals surface area contributed by atoms with Gasteiger partial charge in [0.1, 0.15) is 18.3 Å². The van der Waals surface area contributed by atoms with Gasteiger partial charge in [-0.25, -0.2) is 0 Å². The summed E-state index contributed by atoms with van der Waals surface area (Å²) in [6, 6.07) is 0.387. The minimum absolute atomic E-state index is 0.0228. The standard InChI is InChI=1S/C11H15N3O6/c1-6-3-7(14-20-6)11(18)13-8(5-19-2)10(17)12-4-9(15)16/h3,8H,4-5H2,1-2H3,(H,12,17)(H,13,18)(H,15,16). The van der Waals surface area contributed by atoms with E-state index in [1.807, 2.05) is 0 Å². The lowest BCUT2D eigenvalue weighted by Gasteiger charge is -2.16. The van der Waals surface area contributed by atoms with E-state index in [4.69, 9.17) is 14.4 Å². The SMILES string of the molecule is COCC(NC(=O)c1cc(C)on1)C(=O)NCC(=O)O. The van der Waals surface area contributed by atoms with Crippen LogP contribution in [0.4, 0.5) is 0 Å². The highest BCUT2D eigenvalue weighted by atomic mass is 16.5. The van der Waals surface area contributed by atoms with Crippen LogP contribution in [0, 0.1) is 6.92 Å². The first-order valence-corrected chi connectivity index (χ1v) is 5.66. The Hall–Kier alpha value is -2.42. The second kappa shape index (κ2) is 7.24. The zero-order valence-electron chi connectivity index (χ0n) is 11.0. The number of ether oxygens (including phenoxy) is 1. The second-order valence-electron chi connectivity index (χ2n) is 3.92. The van der Waals surface area contributed by atoms with E-state index >= 15 is 0 Å². The molecular weight excluding hydrogens is 270 g/mol. The maximum Gasteiger partial charge on any atom is 0.322 e. The van der Waals surface area contributed by atoms with Gasteiger partial charge in [0, 0.05) is 13.2 Å². The highest BCUT2D eigenvalue weighted by Crippen LogP contribution is 2.01. The summed E-state index contributed by atoms with van der Waals surface area (Å²) in [5.74, 6) is -2.01. The van der Waals surface area contributed by atoms with Crippen molar-refractivity contribution in [3.8, 4) is 0 Å². The van der Waals surface area contributed by atoms with Crippen molar-refractivity contribution in [2.45, 2.75) is 13.0 Å². The van der Waals surface area contributed by atoms with Crippen LogP contribution in [0.15, 0.2) is 10.6 Å². The first-order valence-electron chi connectivity index (χ1n) is 5.66. The van der Waals surface area contributed by atoms with Crippen LogP contribution >= 0.6 is 0 Å². The van der Waals surface area contributed by atoms with Crippen molar-refractivity contribution >= 4 is 17.8 Å². The third-order valence-electron chi connectivity index (χ3n) is 2.23. The van der Waals surface area contributed by atoms with Gasteiger partial charge in [-0.2, -0.15) is 0 Å². The Kier molecular flexibility index (Phi) is 5.66. The van der Waals surface area contributed by atoms with Crippen LogP contribution in [-0.2, 0) is 14.3 Å². The predicted octanol–water partition coefficient (Wildman–Crippen LogP) is -1.07. The zero-order valence-corrected chi connectivity index (χ0v) is 11.0. The Morgan fingerprint density at radius 3 is 2.70 bits per heavy atom. The number of rotatable bonds is 7. The summed E-state index contributed by atoms with van der Waals surface area (Å²) in [6.45, 7) is 0.974. The number of methoxy groups -OCH3 is 1. The van der Waals surface area contributed by atoms with E-state index in [1.54, 1.807) is 6.92 Å². The number of carbonyl (C=O) groups is 3. The molecule has 0 saturated carbocycles. The van der Waals surface area contributed by atoms with E-state index < -0.39 is 30.4 Å². The van der Waals surface area contributed by atoms with Crippen LogP contribution in [0.2, 0.25) is 0 Å². The summed E-state index contributed by atoms with van der Waals surface area (Å²) in [4.78, 5) is 33.9. The third-order valence-corrected chi connectivity index (χ3v) is 2.23. The smallest absolute Gasteiger partial charge is 0.322 e. The summed E-state index contributed by atoms with van der Waals surface area (Å²) in [7, 11) is 1.35. The summed E-state index contributed by atoms with van der Waals surface area (Å²) in [6.07, 6.45) is 0. The van der Waals surface area contributed by atoms with Crippen molar-refractivity contribution < 1.29 is 28.8 Å². The van der Waals surface area contributed by atoms with Gasteiger partial charge in [0.15, 0.2) is 5.69 Å². The Labute approximate surface area is 114 Å². The molecule has 0 aliphatic rings. The highest BCUT2D eigenvalue weighted by molar-refractivity contribution is 5.96. The first-order chi connectivity index (χ1) is 9.43. The van der Waals surface area contributed by atoms with Crippen LogP contribution in [-0.4, -0.2) is 54.4 Å². The number of amides is 2. The van der Waals surface area contributed by atoms with Gasteiger partial charge >= 0.3 is 5.97 Å². The highest BCUT2D eigenvalue weighted by Gasteiger charge is 2.23. The minimum atomic E-state index is -1.19. The molecule has 0 fully saturated rings. The molecule has 2 amide bonds. The number of hydrogen-bond donors (Lipinski definition) is 3. The molecule has 1 heterocycles. The number of nitrogens with one attached hydrogen (secondary N) is 2. The van der Waals surface area contributed by atoms with Crippen LogP contribution in [0.25, 0.3) is 0 Å². The molecule has 0 saturated heterocycles. The summed E-state index contributed by atoms with van der Waals surface area (Å²) in [5, 5.41) is 16.5. The Morgan fingerprint density at radius 2 is 2.20 bits per heavy atom. The molecular formula is C11H15N3O6. The molecule has 1 rings (SSSR count). The lowest BCUT2D eigenvalue weighted by Crippen LogP contribution is -2.50. The van der Waals surface area contributed by atoms with Crippen molar-refractivity contribution in [1.82, 2.24) is 15.8 Å². The number of carboxylic acid groups (broad SMARTS) is 1. The van der Waals surface area contributed by atoms with Gasteiger partial charge in [-0.15, -0.1) is 0 Å². The van der Waals surface area contributed by atoms with Crippen molar-refractivity contribution in [2.75, 3.05) is 20.3 Å². The molecule has 1 unspecified atom stereocenters. The molecule has 0 aliphatic carbocycles. The summed E-state index contributed by atoms with van der Waals surface area (Å²) in [5.41, 5.74) is 0.0228. The summed E-state index contributed by atoms with van der Waals surface area (Å²) >= 11 is 0. The molecule has 110 valence electrons. The third kappa shape index (κ3) is 4.69. The Morgan fingerprint density at radius 1 is 1.50 bits per heavy atom. The summed E-state index contributed by atoms with van der Waals surface area (Å²) < 4.78 is 9.55. The van der Waals surface area contributed by atoms with Crippen LogP contribution in [0.1, 0.15) is 16.2 Å². The van der Waals surface area contributed by atoms with E-state index in [9.17, 15) is 14.4 Å². The number of carboxylic acids is 1. The lowest BCUT2D eigenvalue weighted by molar-refractivity contribution is -0.138. The van der Waals surface area contributed by atoms with E-state index in [0.717, 1.165) is 0 Å². The number of aliphatic carboxylic acids is 1. The zero-order chi connectivity index (χ0) is 15.1.